The fraction of sp³-hybridized carbons (Fsp3) is 0.909. The summed E-state index contributed by atoms with van der Waals surface area (Å²) in [5.74, 6) is 1.01. The van der Waals surface area contributed by atoms with Crippen LogP contribution in [-0.4, -0.2) is 37.1 Å². The zero-order valence-electron chi connectivity index (χ0n) is 8.87. The average Bonchev–Trinajstić information content (AvgIpc) is 2.27. The van der Waals surface area contributed by atoms with Crippen LogP contribution < -0.4 is 5.32 Å². The van der Waals surface area contributed by atoms with Gasteiger partial charge in [0.15, 0.2) is 0 Å². The predicted molar refractivity (Wildman–Crippen MR) is 55.7 cm³/mol. The molecule has 3 aliphatic rings. The van der Waals surface area contributed by atoms with Crippen molar-refractivity contribution in [2.24, 2.45) is 11.8 Å². The predicted octanol–water partition coefficient (Wildman–Crippen LogP) is 0.830. The number of hydrogen-bond acceptors (Lipinski definition) is 3. The SMILES string of the molecule is CC(C#N)CNC1CN2CCC1CC2. The first-order valence-electron chi connectivity index (χ1n) is 5.65. The number of rotatable bonds is 3. The molecule has 3 aliphatic heterocycles. The lowest BCUT2D eigenvalue weighted by Crippen LogP contribution is -2.56. The quantitative estimate of drug-likeness (QED) is 0.721. The number of fused-ring (bicyclic) bond motifs is 3. The highest BCUT2D eigenvalue weighted by Gasteiger charge is 2.33. The largest absolute Gasteiger partial charge is 0.311 e. The summed E-state index contributed by atoms with van der Waals surface area (Å²) in [6.45, 7) is 6.61. The van der Waals surface area contributed by atoms with E-state index in [0.717, 1.165) is 12.5 Å². The summed E-state index contributed by atoms with van der Waals surface area (Å²) in [6.07, 6.45) is 2.69. The van der Waals surface area contributed by atoms with Crippen LogP contribution in [0.4, 0.5) is 0 Å². The molecule has 0 aromatic heterocycles. The van der Waals surface area contributed by atoms with E-state index in [4.69, 9.17) is 5.26 Å². The van der Waals surface area contributed by atoms with Crippen LogP contribution in [0, 0.1) is 23.2 Å². The van der Waals surface area contributed by atoms with Gasteiger partial charge in [0.05, 0.1) is 12.0 Å². The van der Waals surface area contributed by atoms with Crippen molar-refractivity contribution in [3.8, 4) is 6.07 Å². The smallest absolute Gasteiger partial charge is 0.0666 e. The number of piperidine rings is 3. The molecule has 3 nitrogen and oxygen atoms in total. The van der Waals surface area contributed by atoms with E-state index in [1.807, 2.05) is 6.92 Å². The van der Waals surface area contributed by atoms with Crippen LogP contribution in [0.1, 0.15) is 19.8 Å². The summed E-state index contributed by atoms with van der Waals surface area (Å²) >= 11 is 0. The highest BCUT2D eigenvalue weighted by Crippen LogP contribution is 2.27. The van der Waals surface area contributed by atoms with Gasteiger partial charge in [-0.1, -0.05) is 0 Å². The molecular weight excluding hydrogens is 174 g/mol. The van der Waals surface area contributed by atoms with E-state index in [-0.39, 0.29) is 5.92 Å². The molecule has 3 heterocycles. The molecule has 3 heteroatoms. The van der Waals surface area contributed by atoms with Gasteiger partial charge in [0.25, 0.3) is 0 Å². The molecule has 0 radical (unpaired) electrons. The molecule has 1 N–H and O–H groups in total. The Labute approximate surface area is 86.1 Å². The Morgan fingerprint density at radius 1 is 1.50 bits per heavy atom. The second-order valence-corrected chi connectivity index (χ2v) is 4.68. The molecule has 2 atom stereocenters. The fourth-order valence-electron chi connectivity index (χ4n) is 2.57. The Hall–Kier alpha value is -0.590. The summed E-state index contributed by atoms with van der Waals surface area (Å²) < 4.78 is 0. The van der Waals surface area contributed by atoms with Crippen LogP contribution in [-0.2, 0) is 0 Å². The van der Waals surface area contributed by atoms with Crippen molar-refractivity contribution in [1.29, 1.82) is 5.26 Å². The summed E-state index contributed by atoms with van der Waals surface area (Å²) in [6, 6.07) is 2.92. The van der Waals surface area contributed by atoms with E-state index in [2.05, 4.69) is 16.3 Å². The first-order valence-corrected chi connectivity index (χ1v) is 5.65. The molecule has 0 aliphatic carbocycles. The van der Waals surface area contributed by atoms with Crippen molar-refractivity contribution >= 4 is 0 Å². The maximum absolute atomic E-state index is 8.70. The summed E-state index contributed by atoms with van der Waals surface area (Å²) in [4.78, 5) is 2.54. The number of nitrogens with zero attached hydrogens (tertiary/aromatic N) is 2. The first kappa shape index (κ1) is 9.95. The Morgan fingerprint density at radius 2 is 2.21 bits per heavy atom. The minimum atomic E-state index is 0.144. The molecule has 0 spiro atoms. The normalized spacial score (nSPS) is 37.9. The molecule has 78 valence electrons. The van der Waals surface area contributed by atoms with Crippen molar-refractivity contribution < 1.29 is 0 Å². The summed E-state index contributed by atoms with van der Waals surface area (Å²) in [5.41, 5.74) is 0. The van der Waals surface area contributed by atoms with Gasteiger partial charge in [-0.15, -0.1) is 0 Å². The lowest BCUT2D eigenvalue weighted by atomic mass is 9.84. The van der Waals surface area contributed by atoms with Crippen LogP contribution in [0.5, 0.6) is 0 Å². The van der Waals surface area contributed by atoms with Crippen molar-refractivity contribution in [3.63, 3.8) is 0 Å². The van der Waals surface area contributed by atoms with E-state index in [0.29, 0.717) is 6.04 Å². The van der Waals surface area contributed by atoms with Gasteiger partial charge in [-0.05, 0) is 38.8 Å². The van der Waals surface area contributed by atoms with Crippen LogP contribution in [0.25, 0.3) is 0 Å². The highest BCUT2D eigenvalue weighted by atomic mass is 15.2. The fourth-order valence-corrected chi connectivity index (χ4v) is 2.57. The monoisotopic (exact) mass is 193 g/mol. The van der Waals surface area contributed by atoms with E-state index in [1.165, 1.54) is 32.5 Å². The van der Waals surface area contributed by atoms with Gasteiger partial charge in [0.1, 0.15) is 0 Å². The van der Waals surface area contributed by atoms with Gasteiger partial charge < -0.3 is 10.2 Å². The average molecular weight is 193 g/mol. The Morgan fingerprint density at radius 3 is 2.71 bits per heavy atom. The molecule has 0 amide bonds. The molecule has 3 fully saturated rings. The van der Waals surface area contributed by atoms with E-state index >= 15 is 0 Å². The van der Waals surface area contributed by atoms with Crippen molar-refractivity contribution in [2.45, 2.75) is 25.8 Å². The lowest BCUT2D eigenvalue weighted by Gasteiger charge is -2.45. The maximum atomic E-state index is 8.70. The third-order valence-corrected chi connectivity index (χ3v) is 3.56. The minimum Gasteiger partial charge on any atom is -0.311 e. The van der Waals surface area contributed by atoms with Gasteiger partial charge in [0, 0.05) is 19.1 Å². The maximum Gasteiger partial charge on any atom is 0.0666 e. The number of nitrogens with one attached hydrogen (secondary N) is 1. The molecule has 0 aromatic carbocycles. The number of hydrogen-bond donors (Lipinski definition) is 1. The second-order valence-electron chi connectivity index (χ2n) is 4.68. The van der Waals surface area contributed by atoms with Crippen LogP contribution in [0.15, 0.2) is 0 Å². The van der Waals surface area contributed by atoms with Gasteiger partial charge in [0.2, 0.25) is 0 Å². The Balaban J connectivity index is 1.79. The van der Waals surface area contributed by atoms with Crippen molar-refractivity contribution in [3.05, 3.63) is 0 Å². The third-order valence-electron chi connectivity index (χ3n) is 3.56. The second kappa shape index (κ2) is 4.29. The molecule has 3 saturated heterocycles. The van der Waals surface area contributed by atoms with Gasteiger partial charge in [-0.2, -0.15) is 5.26 Å². The standard InChI is InChI=1S/C11H19N3/c1-9(6-12)7-13-11-8-14-4-2-10(11)3-5-14/h9-11,13H,2-5,7-8H2,1H3. The molecule has 14 heavy (non-hydrogen) atoms. The highest BCUT2D eigenvalue weighted by molar-refractivity contribution is 4.92. The minimum absolute atomic E-state index is 0.144. The van der Waals surface area contributed by atoms with E-state index in [1.54, 1.807) is 0 Å². The number of nitriles is 1. The third kappa shape index (κ3) is 2.08. The summed E-state index contributed by atoms with van der Waals surface area (Å²) in [7, 11) is 0. The van der Waals surface area contributed by atoms with E-state index < -0.39 is 0 Å². The van der Waals surface area contributed by atoms with E-state index in [9.17, 15) is 0 Å². The molecular formula is C11H19N3. The zero-order valence-corrected chi connectivity index (χ0v) is 8.87. The summed E-state index contributed by atoms with van der Waals surface area (Å²) in [5, 5.41) is 12.2. The molecule has 0 saturated carbocycles. The lowest BCUT2D eigenvalue weighted by molar-refractivity contribution is 0.0720. The Kier molecular flexibility index (Phi) is 3.05. The Bertz CT molecular complexity index is 225. The van der Waals surface area contributed by atoms with Crippen molar-refractivity contribution in [1.82, 2.24) is 10.2 Å². The topological polar surface area (TPSA) is 39.1 Å². The zero-order chi connectivity index (χ0) is 9.97. The van der Waals surface area contributed by atoms with Crippen LogP contribution >= 0.6 is 0 Å². The molecule has 0 aromatic rings. The van der Waals surface area contributed by atoms with Crippen molar-refractivity contribution in [2.75, 3.05) is 26.2 Å². The van der Waals surface area contributed by atoms with Gasteiger partial charge in [-0.3, -0.25) is 0 Å². The molecule has 2 bridgehead atoms. The first-order chi connectivity index (χ1) is 6.79. The van der Waals surface area contributed by atoms with Gasteiger partial charge >= 0.3 is 0 Å². The van der Waals surface area contributed by atoms with Crippen LogP contribution in [0.2, 0.25) is 0 Å². The van der Waals surface area contributed by atoms with Gasteiger partial charge in [-0.25, -0.2) is 0 Å². The molecule has 2 unspecified atom stereocenters. The molecule has 3 rings (SSSR count). The van der Waals surface area contributed by atoms with Crippen LogP contribution in [0.3, 0.4) is 0 Å².